The Hall–Kier alpha value is -1.59. The minimum Gasteiger partial charge on any atom is -0.484 e. The summed E-state index contributed by atoms with van der Waals surface area (Å²) < 4.78 is 10.3. The van der Waals surface area contributed by atoms with Gasteiger partial charge in [-0.1, -0.05) is 18.2 Å². The van der Waals surface area contributed by atoms with Crippen molar-refractivity contribution in [2.45, 2.75) is 13.0 Å². The Balaban J connectivity index is 2.40. The lowest BCUT2D eigenvalue weighted by molar-refractivity contribution is -0.133. The van der Waals surface area contributed by atoms with Gasteiger partial charge in [-0.15, -0.1) is 0 Å². The quantitative estimate of drug-likeness (QED) is 0.795. The van der Waals surface area contributed by atoms with Gasteiger partial charge in [-0.3, -0.25) is 4.79 Å². The van der Waals surface area contributed by atoms with Crippen LogP contribution < -0.4 is 4.74 Å². The highest BCUT2D eigenvalue weighted by atomic mass is 16.5. The Morgan fingerprint density at radius 2 is 2.11 bits per heavy atom. The predicted octanol–water partition coefficient (Wildman–Crippen LogP) is 0.840. The number of rotatable bonds is 7. The number of aryl methyl sites for hydroxylation is 1. The highest BCUT2D eigenvalue weighted by Gasteiger charge is 2.14. The molecule has 0 saturated carbocycles. The standard InChI is InChI=1S/C14H21NO4/c1-11-6-4-5-7-13(11)19-10-14(17)15(2)8-12(16)9-18-3/h4-7,12,16H,8-10H2,1-3H3. The van der Waals surface area contributed by atoms with Crippen molar-refractivity contribution in [1.29, 1.82) is 0 Å². The molecule has 1 N–H and O–H groups in total. The first kappa shape index (κ1) is 15.5. The Kier molecular flexibility index (Phi) is 6.32. The third-order valence-electron chi connectivity index (χ3n) is 2.71. The molecule has 5 heteroatoms. The molecule has 0 aliphatic rings. The van der Waals surface area contributed by atoms with Crippen molar-refractivity contribution < 1.29 is 19.4 Å². The van der Waals surface area contributed by atoms with Gasteiger partial charge in [0.15, 0.2) is 6.61 Å². The van der Waals surface area contributed by atoms with Crippen LogP contribution in [0, 0.1) is 6.92 Å². The van der Waals surface area contributed by atoms with Gasteiger partial charge in [0.05, 0.1) is 12.7 Å². The second kappa shape index (κ2) is 7.76. The molecule has 0 radical (unpaired) electrons. The SMILES string of the molecule is COCC(O)CN(C)C(=O)COc1ccccc1C. The second-order valence-corrected chi connectivity index (χ2v) is 4.44. The van der Waals surface area contributed by atoms with Crippen molar-refractivity contribution in [2.75, 3.05) is 33.9 Å². The van der Waals surface area contributed by atoms with Gasteiger partial charge in [0.25, 0.3) is 5.91 Å². The maximum absolute atomic E-state index is 11.8. The van der Waals surface area contributed by atoms with Gasteiger partial charge in [-0.05, 0) is 18.6 Å². The third-order valence-corrected chi connectivity index (χ3v) is 2.71. The van der Waals surface area contributed by atoms with Gasteiger partial charge in [0.1, 0.15) is 5.75 Å². The van der Waals surface area contributed by atoms with E-state index in [9.17, 15) is 9.90 Å². The molecule has 0 aliphatic carbocycles. The summed E-state index contributed by atoms with van der Waals surface area (Å²) in [5, 5.41) is 9.54. The molecule has 0 aliphatic heterocycles. The summed E-state index contributed by atoms with van der Waals surface area (Å²) in [6, 6.07) is 7.52. The molecule has 5 nitrogen and oxygen atoms in total. The summed E-state index contributed by atoms with van der Waals surface area (Å²) in [5.41, 5.74) is 0.984. The van der Waals surface area contributed by atoms with Crippen molar-refractivity contribution in [1.82, 2.24) is 4.90 Å². The number of aliphatic hydroxyl groups is 1. The summed E-state index contributed by atoms with van der Waals surface area (Å²) in [7, 11) is 3.13. The van der Waals surface area contributed by atoms with E-state index in [2.05, 4.69) is 0 Å². The summed E-state index contributed by atoms with van der Waals surface area (Å²) in [4.78, 5) is 13.2. The van der Waals surface area contributed by atoms with E-state index in [1.165, 1.54) is 12.0 Å². The zero-order valence-electron chi connectivity index (χ0n) is 11.6. The Bertz CT molecular complexity index is 408. The van der Waals surface area contributed by atoms with Crippen molar-refractivity contribution >= 4 is 5.91 Å². The highest BCUT2D eigenvalue weighted by molar-refractivity contribution is 5.77. The fourth-order valence-corrected chi connectivity index (χ4v) is 1.63. The number of carbonyl (C=O) groups excluding carboxylic acids is 1. The molecule has 19 heavy (non-hydrogen) atoms. The maximum Gasteiger partial charge on any atom is 0.260 e. The smallest absolute Gasteiger partial charge is 0.260 e. The summed E-state index contributed by atoms with van der Waals surface area (Å²) >= 11 is 0. The topological polar surface area (TPSA) is 59.0 Å². The minimum absolute atomic E-state index is 0.0406. The lowest BCUT2D eigenvalue weighted by Gasteiger charge is -2.20. The lowest BCUT2D eigenvalue weighted by Crippen LogP contribution is -2.38. The Morgan fingerprint density at radius 3 is 2.74 bits per heavy atom. The molecule has 0 bridgehead atoms. The maximum atomic E-state index is 11.8. The van der Waals surface area contributed by atoms with Gasteiger partial charge in [0, 0.05) is 20.7 Å². The largest absolute Gasteiger partial charge is 0.484 e. The van der Waals surface area contributed by atoms with E-state index in [4.69, 9.17) is 9.47 Å². The molecule has 1 amide bonds. The van der Waals surface area contributed by atoms with Gasteiger partial charge in [0.2, 0.25) is 0 Å². The van der Waals surface area contributed by atoms with Crippen LogP contribution in [0.4, 0.5) is 0 Å². The van der Waals surface area contributed by atoms with E-state index in [0.717, 1.165) is 5.56 Å². The molecule has 0 spiro atoms. The van der Waals surface area contributed by atoms with Crippen LogP contribution in [-0.2, 0) is 9.53 Å². The molecule has 0 aromatic heterocycles. The monoisotopic (exact) mass is 267 g/mol. The molecule has 1 unspecified atom stereocenters. The molecule has 106 valence electrons. The molecule has 1 aromatic rings. The number of likely N-dealkylation sites (N-methyl/N-ethyl adjacent to an activating group) is 1. The first-order chi connectivity index (χ1) is 9.04. The van der Waals surface area contributed by atoms with E-state index in [1.54, 1.807) is 7.05 Å². The third kappa shape index (κ3) is 5.28. The van der Waals surface area contributed by atoms with E-state index in [-0.39, 0.29) is 25.7 Å². The molecular formula is C14H21NO4. The van der Waals surface area contributed by atoms with Crippen LogP contribution >= 0.6 is 0 Å². The summed E-state index contributed by atoms with van der Waals surface area (Å²) in [5.74, 6) is 0.514. The van der Waals surface area contributed by atoms with Crippen LogP contribution in [0.1, 0.15) is 5.56 Å². The minimum atomic E-state index is -0.683. The fraction of sp³-hybridized carbons (Fsp3) is 0.500. The number of aliphatic hydroxyl groups excluding tert-OH is 1. The van der Waals surface area contributed by atoms with Crippen LogP contribution in [0.2, 0.25) is 0 Å². The molecule has 1 atom stereocenters. The molecular weight excluding hydrogens is 246 g/mol. The zero-order chi connectivity index (χ0) is 14.3. The molecule has 0 saturated heterocycles. The predicted molar refractivity (Wildman–Crippen MR) is 72.2 cm³/mol. The molecule has 0 heterocycles. The second-order valence-electron chi connectivity index (χ2n) is 4.44. The molecule has 1 aromatic carbocycles. The zero-order valence-corrected chi connectivity index (χ0v) is 11.6. The van der Waals surface area contributed by atoms with Crippen LogP contribution in [0.3, 0.4) is 0 Å². The van der Waals surface area contributed by atoms with Crippen molar-refractivity contribution in [2.24, 2.45) is 0 Å². The van der Waals surface area contributed by atoms with Gasteiger partial charge in [-0.25, -0.2) is 0 Å². The van der Waals surface area contributed by atoms with Crippen LogP contribution in [0.15, 0.2) is 24.3 Å². The number of benzene rings is 1. The van der Waals surface area contributed by atoms with Crippen molar-refractivity contribution in [3.8, 4) is 5.75 Å². The summed E-state index contributed by atoms with van der Waals surface area (Å²) in [6.45, 7) is 2.31. The first-order valence-corrected chi connectivity index (χ1v) is 6.14. The van der Waals surface area contributed by atoms with E-state index >= 15 is 0 Å². The number of ether oxygens (including phenoxy) is 2. The number of hydrogen-bond donors (Lipinski definition) is 1. The lowest BCUT2D eigenvalue weighted by atomic mass is 10.2. The van der Waals surface area contributed by atoms with E-state index in [1.807, 2.05) is 31.2 Å². The number of carbonyl (C=O) groups is 1. The first-order valence-electron chi connectivity index (χ1n) is 6.14. The Labute approximate surface area is 113 Å². The number of hydrogen-bond acceptors (Lipinski definition) is 4. The normalized spacial score (nSPS) is 12.0. The van der Waals surface area contributed by atoms with E-state index in [0.29, 0.717) is 5.75 Å². The van der Waals surface area contributed by atoms with Gasteiger partial charge in [-0.2, -0.15) is 0 Å². The van der Waals surface area contributed by atoms with Crippen molar-refractivity contribution in [3.63, 3.8) is 0 Å². The van der Waals surface area contributed by atoms with E-state index < -0.39 is 6.10 Å². The highest BCUT2D eigenvalue weighted by Crippen LogP contribution is 2.15. The van der Waals surface area contributed by atoms with Crippen molar-refractivity contribution in [3.05, 3.63) is 29.8 Å². The van der Waals surface area contributed by atoms with Crippen LogP contribution in [0.5, 0.6) is 5.75 Å². The Morgan fingerprint density at radius 1 is 1.42 bits per heavy atom. The average Bonchev–Trinajstić information content (AvgIpc) is 2.37. The number of para-hydroxylation sites is 1. The average molecular weight is 267 g/mol. The molecule has 0 fully saturated rings. The van der Waals surface area contributed by atoms with Gasteiger partial charge < -0.3 is 19.5 Å². The summed E-state index contributed by atoms with van der Waals surface area (Å²) in [6.07, 6.45) is -0.683. The van der Waals surface area contributed by atoms with Crippen LogP contribution in [0.25, 0.3) is 0 Å². The number of nitrogens with zero attached hydrogens (tertiary/aromatic N) is 1. The van der Waals surface area contributed by atoms with Crippen LogP contribution in [-0.4, -0.2) is 55.9 Å². The number of amides is 1. The van der Waals surface area contributed by atoms with Gasteiger partial charge >= 0.3 is 0 Å². The fourth-order valence-electron chi connectivity index (χ4n) is 1.63. The number of methoxy groups -OCH3 is 1. The molecule has 1 rings (SSSR count).